The first-order valence-corrected chi connectivity index (χ1v) is 7.20. The van der Waals surface area contributed by atoms with Gasteiger partial charge in [-0.3, -0.25) is 0 Å². The van der Waals surface area contributed by atoms with Gasteiger partial charge in [0.25, 0.3) is 5.92 Å². The summed E-state index contributed by atoms with van der Waals surface area (Å²) in [6.07, 6.45) is 0.410. The lowest BCUT2D eigenvalue weighted by Crippen LogP contribution is -2.54. The van der Waals surface area contributed by atoms with Gasteiger partial charge in [0.2, 0.25) is 0 Å². The second-order valence-corrected chi connectivity index (χ2v) is 5.67. The molecule has 1 aromatic carbocycles. The molecule has 1 saturated heterocycles. The van der Waals surface area contributed by atoms with Crippen molar-refractivity contribution in [2.75, 3.05) is 13.1 Å². The van der Waals surface area contributed by atoms with E-state index >= 15 is 0 Å². The highest BCUT2D eigenvalue weighted by Gasteiger charge is 2.48. The van der Waals surface area contributed by atoms with Crippen molar-refractivity contribution in [3.05, 3.63) is 42.6 Å². The summed E-state index contributed by atoms with van der Waals surface area (Å²) in [5, 5.41) is 14.5. The number of nitrogens with zero attached hydrogens (tertiary/aromatic N) is 2. The van der Waals surface area contributed by atoms with Crippen LogP contribution >= 0.6 is 0 Å². The number of hydrogen-bond donors (Lipinski definition) is 2. The lowest BCUT2D eigenvalue weighted by molar-refractivity contribution is -0.110. The van der Waals surface area contributed by atoms with E-state index in [0.29, 0.717) is 11.2 Å². The number of alkyl halides is 2. The maximum atomic E-state index is 14.5. The molecule has 2 aromatic heterocycles. The predicted molar refractivity (Wildman–Crippen MR) is 80.1 cm³/mol. The Morgan fingerprint density at radius 3 is 2.77 bits per heavy atom. The molecule has 6 heteroatoms. The molecule has 0 unspecified atom stereocenters. The number of hydrogen-bond acceptors (Lipinski definition) is 3. The molecule has 22 heavy (non-hydrogen) atoms. The summed E-state index contributed by atoms with van der Waals surface area (Å²) in [5.41, 5.74) is 1.15. The molecule has 1 fully saturated rings. The molecule has 2 N–H and O–H groups in total. The van der Waals surface area contributed by atoms with Crippen molar-refractivity contribution in [1.29, 1.82) is 0 Å². The molecule has 0 bridgehead atoms. The van der Waals surface area contributed by atoms with Crippen LogP contribution in [0.5, 0.6) is 0 Å². The molecular formula is C16H15F2N3O. The van der Waals surface area contributed by atoms with Crippen molar-refractivity contribution in [2.24, 2.45) is 0 Å². The fourth-order valence-electron chi connectivity index (χ4n) is 3.35. The van der Waals surface area contributed by atoms with E-state index in [1.807, 2.05) is 24.3 Å². The van der Waals surface area contributed by atoms with Crippen LogP contribution in [0.2, 0.25) is 0 Å². The van der Waals surface area contributed by atoms with Gasteiger partial charge in [0.05, 0.1) is 18.2 Å². The highest BCUT2D eigenvalue weighted by atomic mass is 19.3. The molecule has 2 atom stereocenters. The lowest BCUT2D eigenvalue weighted by atomic mass is 9.99. The number of aliphatic hydroxyl groups excluding tert-OH is 1. The van der Waals surface area contributed by atoms with Crippen molar-refractivity contribution < 1.29 is 13.9 Å². The Morgan fingerprint density at radius 1 is 1.18 bits per heavy atom. The van der Waals surface area contributed by atoms with E-state index < -0.39 is 24.6 Å². The van der Waals surface area contributed by atoms with Gasteiger partial charge in [-0.15, -0.1) is 0 Å². The van der Waals surface area contributed by atoms with Crippen molar-refractivity contribution in [1.82, 2.24) is 14.9 Å². The Labute approximate surface area is 125 Å². The molecule has 0 saturated carbocycles. The minimum Gasteiger partial charge on any atom is -0.389 e. The summed E-state index contributed by atoms with van der Waals surface area (Å²) in [6.45, 7) is -0.309. The molecule has 0 amide bonds. The topological polar surface area (TPSA) is 50.1 Å². The van der Waals surface area contributed by atoms with Crippen LogP contribution in [0.4, 0.5) is 8.78 Å². The monoisotopic (exact) mass is 303 g/mol. The minimum atomic E-state index is -3.05. The quantitative estimate of drug-likeness (QED) is 0.725. The number of piperidine rings is 1. The number of rotatable bonds is 1. The van der Waals surface area contributed by atoms with Gasteiger partial charge in [0.15, 0.2) is 0 Å². The summed E-state index contributed by atoms with van der Waals surface area (Å²) in [7, 11) is 0. The first-order valence-electron chi connectivity index (χ1n) is 7.20. The fraction of sp³-hybridized carbons (Fsp3) is 0.312. The van der Waals surface area contributed by atoms with Crippen molar-refractivity contribution >= 4 is 21.9 Å². The largest absolute Gasteiger partial charge is 0.389 e. The number of nitrogens with one attached hydrogen (secondary N) is 1. The molecule has 4 rings (SSSR count). The Morgan fingerprint density at radius 2 is 1.95 bits per heavy atom. The third-order valence-corrected chi connectivity index (χ3v) is 4.26. The number of aliphatic hydroxyl groups is 1. The van der Waals surface area contributed by atoms with Gasteiger partial charge in [-0.1, -0.05) is 18.2 Å². The Kier molecular flexibility index (Phi) is 2.92. The molecule has 1 aliphatic heterocycles. The third kappa shape index (κ3) is 1.84. The average molecular weight is 303 g/mol. The third-order valence-electron chi connectivity index (χ3n) is 4.26. The number of aromatic nitrogens is 2. The molecule has 114 valence electrons. The van der Waals surface area contributed by atoms with Crippen molar-refractivity contribution in [3.63, 3.8) is 0 Å². The number of fused-ring (bicyclic) bond motifs is 3. The number of halogens is 2. The maximum Gasteiger partial charge on any atom is 0.283 e. The van der Waals surface area contributed by atoms with Gasteiger partial charge in [0.1, 0.15) is 11.7 Å². The molecule has 3 aromatic rings. The summed E-state index contributed by atoms with van der Waals surface area (Å²) >= 11 is 0. The molecular weight excluding hydrogens is 288 g/mol. The zero-order chi connectivity index (χ0) is 15.3. The smallest absolute Gasteiger partial charge is 0.283 e. The number of β-amino-alcohol motifs (C(OH)–C–C–N with tert-alkyl or cyclic N) is 1. The van der Waals surface area contributed by atoms with E-state index in [1.54, 1.807) is 18.3 Å². The Balaban J connectivity index is 2.08. The van der Waals surface area contributed by atoms with Crippen molar-refractivity contribution in [2.45, 2.75) is 18.1 Å². The average Bonchev–Trinajstić information content (AvgIpc) is 2.82. The Hall–Kier alpha value is -2.05. The molecule has 0 radical (unpaired) electrons. The van der Waals surface area contributed by atoms with E-state index in [1.165, 1.54) is 4.57 Å². The normalized spacial score (nSPS) is 24.9. The molecule has 1 aliphatic rings. The maximum absolute atomic E-state index is 14.5. The molecule has 0 spiro atoms. The zero-order valence-corrected chi connectivity index (χ0v) is 11.7. The number of benzene rings is 1. The van der Waals surface area contributed by atoms with Gasteiger partial charge in [-0.05, 0) is 18.2 Å². The first-order chi connectivity index (χ1) is 10.6. The summed E-state index contributed by atoms with van der Waals surface area (Å²) in [4.78, 5) is 4.29. The molecule has 3 heterocycles. The molecule has 0 aliphatic carbocycles. The Bertz CT molecular complexity index is 792. The predicted octanol–water partition coefficient (Wildman–Crippen LogP) is 2.33. The van der Waals surface area contributed by atoms with Crippen LogP contribution in [0, 0.1) is 0 Å². The van der Waals surface area contributed by atoms with Crippen LogP contribution in [-0.2, 0) is 0 Å². The SMILES string of the molecule is O[C@@H]1CNCC(F)(F)[C@H]1n1c2ccccc2c2cccnc21. The van der Waals surface area contributed by atoms with Crippen LogP contribution < -0.4 is 5.32 Å². The lowest BCUT2D eigenvalue weighted by Gasteiger charge is -2.37. The van der Waals surface area contributed by atoms with Gasteiger partial charge in [-0.2, -0.15) is 0 Å². The van der Waals surface area contributed by atoms with E-state index in [4.69, 9.17) is 0 Å². The van der Waals surface area contributed by atoms with Crippen LogP contribution in [0.1, 0.15) is 6.04 Å². The van der Waals surface area contributed by atoms with E-state index in [0.717, 1.165) is 10.8 Å². The highest BCUT2D eigenvalue weighted by molar-refractivity contribution is 6.06. The fourth-order valence-corrected chi connectivity index (χ4v) is 3.35. The summed E-state index contributed by atoms with van der Waals surface area (Å²) in [5.74, 6) is -3.05. The van der Waals surface area contributed by atoms with E-state index in [2.05, 4.69) is 10.3 Å². The van der Waals surface area contributed by atoms with Gasteiger partial charge in [-0.25, -0.2) is 13.8 Å². The van der Waals surface area contributed by atoms with Gasteiger partial charge in [0, 0.05) is 23.5 Å². The van der Waals surface area contributed by atoms with Gasteiger partial charge < -0.3 is 15.0 Å². The first kappa shape index (κ1) is 13.6. The minimum absolute atomic E-state index is 0.140. The zero-order valence-electron chi connectivity index (χ0n) is 11.7. The standard InChI is InChI=1S/C16H15F2N3O/c17-16(18)9-19-8-13(22)14(16)21-12-6-2-1-4-10(12)11-5-3-7-20-15(11)21/h1-7,13-14,19,22H,8-9H2/t13-,14+/m1/s1. The summed E-state index contributed by atoms with van der Waals surface area (Å²) < 4.78 is 30.4. The number of para-hydroxylation sites is 1. The van der Waals surface area contributed by atoms with Crippen LogP contribution in [0.15, 0.2) is 42.6 Å². The van der Waals surface area contributed by atoms with Crippen molar-refractivity contribution in [3.8, 4) is 0 Å². The van der Waals surface area contributed by atoms with Crippen LogP contribution in [0.3, 0.4) is 0 Å². The summed E-state index contributed by atoms with van der Waals surface area (Å²) in [6, 6.07) is 9.69. The number of pyridine rings is 1. The van der Waals surface area contributed by atoms with Crippen LogP contribution in [-0.4, -0.2) is 39.8 Å². The highest BCUT2D eigenvalue weighted by Crippen LogP contribution is 2.40. The second kappa shape index (κ2) is 4.72. The van der Waals surface area contributed by atoms with Gasteiger partial charge >= 0.3 is 0 Å². The van der Waals surface area contributed by atoms with Crippen LogP contribution in [0.25, 0.3) is 21.9 Å². The van der Waals surface area contributed by atoms with E-state index in [-0.39, 0.29) is 6.54 Å². The molecule has 4 nitrogen and oxygen atoms in total. The van der Waals surface area contributed by atoms with E-state index in [9.17, 15) is 13.9 Å². The second-order valence-electron chi connectivity index (χ2n) is 5.67.